The van der Waals surface area contributed by atoms with Crippen LogP contribution in [0.25, 0.3) is 22.3 Å². The minimum absolute atomic E-state index is 0.0853. The Bertz CT molecular complexity index is 942. The van der Waals surface area contributed by atoms with Gasteiger partial charge in [0.05, 0.1) is 5.52 Å². The van der Waals surface area contributed by atoms with Gasteiger partial charge >= 0.3 is 0 Å². The molecule has 0 fully saturated rings. The van der Waals surface area contributed by atoms with Gasteiger partial charge in [-0.15, -0.1) is 0 Å². The second-order valence-electron chi connectivity index (χ2n) is 7.37. The second-order valence-corrected chi connectivity index (χ2v) is 7.37. The number of anilines is 1. The van der Waals surface area contributed by atoms with Crippen molar-refractivity contribution in [3.8, 4) is 11.4 Å². The van der Waals surface area contributed by atoms with Crippen LogP contribution in [0.15, 0.2) is 54.6 Å². The van der Waals surface area contributed by atoms with E-state index in [4.69, 9.17) is 9.97 Å². The molecule has 1 atom stereocenters. The van der Waals surface area contributed by atoms with Crippen molar-refractivity contribution in [1.82, 2.24) is 15.3 Å². The number of nitrogens with zero attached hydrogens (tertiary/aromatic N) is 3. The van der Waals surface area contributed by atoms with Crippen LogP contribution < -0.4 is 10.2 Å². The molecule has 0 bridgehead atoms. The molecule has 3 rings (SSSR count). The van der Waals surface area contributed by atoms with E-state index < -0.39 is 0 Å². The molecule has 1 unspecified atom stereocenters. The number of aromatic nitrogens is 2. The first-order valence-corrected chi connectivity index (χ1v) is 10.5. The zero-order valence-electron chi connectivity index (χ0n) is 17.6. The molecule has 0 saturated carbocycles. The number of benzene rings is 2. The predicted molar refractivity (Wildman–Crippen MR) is 120 cm³/mol. The first-order chi connectivity index (χ1) is 14.1. The van der Waals surface area contributed by atoms with E-state index in [0.717, 1.165) is 41.7 Å². The minimum atomic E-state index is 0.0853. The zero-order chi connectivity index (χ0) is 20.6. The molecule has 5 nitrogen and oxygen atoms in total. The van der Waals surface area contributed by atoms with Crippen LogP contribution in [0.5, 0.6) is 0 Å². The topological polar surface area (TPSA) is 58.1 Å². The fourth-order valence-corrected chi connectivity index (χ4v) is 3.30. The molecule has 1 N–H and O–H groups in total. The number of hydrogen-bond donors (Lipinski definition) is 1. The van der Waals surface area contributed by atoms with Gasteiger partial charge in [-0.25, -0.2) is 9.97 Å². The molecule has 0 spiro atoms. The number of carbonyl (C=O) groups is 1. The summed E-state index contributed by atoms with van der Waals surface area (Å²) in [6, 6.07) is 18.3. The van der Waals surface area contributed by atoms with Gasteiger partial charge in [0.15, 0.2) is 5.82 Å². The quantitative estimate of drug-likeness (QED) is 0.569. The lowest BCUT2D eigenvalue weighted by Gasteiger charge is -2.25. The highest BCUT2D eigenvalue weighted by atomic mass is 16.1. The minimum Gasteiger partial charge on any atom is -0.355 e. The fraction of sp³-hybridized carbons (Fsp3) is 0.375. The van der Waals surface area contributed by atoms with Gasteiger partial charge in [-0.05, 0) is 31.9 Å². The summed E-state index contributed by atoms with van der Waals surface area (Å²) in [6.45, 7) is 7.73. The Morgan fingerprint density at radius 2 is 1.72 bits per heavy atom. The molecular weight excluding hydrogens is 360 g/mol. The lowest BCUT2D eigenvalue weighted by atomic mass is 10.1. The Kier molecular flexibility index (Phi) is 7.17. The van der Waals surface area contributed by atoms with Crippen LogP contribution in [-0.2, 0) is 4.79 Å². The number of nitrogens with one attached hydrogen (secondary N) is 1. The summed E-state index contributed by atoms with van der Waals surface area (Å²) in [6.07, 6.45) is 2.36. The molecule has 0 aliphatic carbocycles. The standard InChI is InChI=1S/C24H30N4O/c1-4-16-28(17-15-22(29)25-18(3)5-2)24-20-13-9-10-14-21(20)26-23(27-24)19-11-7-6-8-12-19/h6-14,18H,4-5,15-17H2,1-3H3,(H,25,29). The first-order valence-electron chi connectivity index (χ1n) is 10.5. The van der Waals surface area contributed by atoms with E-state index in [1.807, 2.05) is 55.5 Å². The molecule has 1 heterocycles. The van der Waals surface area contributed by atoms with Crippen molar-refractivity contribution >= 4 is 22.6 Å². The number of para-hydroxylation sites is 1. The Morgan fingerprint density at radius 1 is 1.00 bits per heavy atom. The SMILES string of the molecule is CCCN(CCC(=O)NC(C)CC)c1nc(-c2ccccc2)nc2ccccc12. The van der Waals surface area contributed by atoms with E-state index in [-0.39, 0.29) is 11.9 Å². The smallest absolute Gasteiger partial charge is 0.221 e. The average Bonchev–Trinajstić information content (AvgIpc) is 2.76. The van der Waals surface area contributed by atoms with Gasteiger partial charge in [0, 0.05) is 36.5 Å². The summed E-state index contributed by atoms with van der Waals surface area (Å²) < 4.78 is 0. The highest BCUT2D eigenvalue weighted by Crippen LogP contribution is 2.27. The van der Waals surface area contributed by atoms with Gasteiger partial charge in [0.1, 0.15) is 5.82 Å². The zero-order valence-corrected chi connectivity index (χ0v) is 17.6. The van der Waals surface area contributed by atoms with Crippen LogP contribution >= 0.6 is 0 Å². The molecule has 152 valence electrons. The van der Waals surface area contributed by atoms with Crippen LogP contribution in [0, 0.1) is 0 Å². The lowest BCUT2D eigenvalue weighted by molar-refractivity contribution is -0.121. The van der Waals surface area contributed by atoms with E-state index in [1.54, 1.807) is 0 Å². The first kappa shape index (κ1) is 20.8. The van der Waals surface area contributed by atoms with E-state index in [1.165, 1.54) is 0 Å². The molecule has 29 heavy (non-hydrogen) atoms. The van der Waals surface area contributed by atoms with Gasteiger partial charge in [-0.1, -0.05) is 56.3 Å². The Hall–Kier alpha value is -2.95. The largest absolute Gasteiger partial charge is 0.355 e. The highest BCUT2D eigenvalue weighted by molar-refractivity contribution is 5.91. The van der Waals surface area contributed by atoms with Crippen LogP contribution in [0.3, 0.4) is 0 Å². The monoisotopic (exact) mass is 390 g/mol. The summed E-state index contributed by atoms with van der Waals surface area (Å²) in [4.78, 5) is 24.3. The summed E-state index contributed by atoms with van der Waals surface area (Å²) in [7, 11) is 0. The number of carbonyl (C=O) groups excluding carboxylic acids is 1. The number of hydrogen-bond acceptors (Lipinski definition) is 4. The molecule has 0 aliphatic heterocycles. The van der Waals surface area contributed by atoms with Crippen LogP contribution in [0.2, 0.25) is 0 Å². The van der Waals surface area contributed by atoms with E-state index in [0.29, 0.717) is 18.8 Å². The third-order valence-electron chi connectivity index (χ3n) is 5.04. The van der Waals surface area contributed by atoms with Crippen LogP contribution in [0.4, 0.5) is 5.82 Å². The van der Waals surface area contributed by atoms with Crippen LogP contribution in [0.1, 0.15) is 40.0 Å². The Labute approximate surface area is 173 Å². The van der Waals surface area contributed by atoms with Crippen molar-refractivity contribution in [1.29, 1.82) is 0 Å². The van der Waals surface area contributed by atoms with E-state index in [9.17, 15) is 4.79 Å². The van der Waals surface area contributed by atoms with Gasteiger partial charge in [-0.3, -0.25) is 4.79 Å². The normalized spacial score (nSPS) is 12.0. The van der Waals surface area contributed by atoms with Crippen molar-refractivity contribution in [3.63, 3.8) is 0 Å². The molecule has 1 aromatic heterocycles. The van der Waals surface area contributed by atoms with E-state index in [2.05, 4.69) is 30.1 Å². The van der Waals surface area contributed by atoms with Crippen LogP contribution in [-0.4, -0.2) is 35.0 Å². The molecule has 1 amide bonds. The Balaban J connectivity index is 1.94. The van der Waals surface area contributed by atoms with Crippen molar-refractivity contribution in [2.24, 2.45) is 0 Å². The average molecular weight is 391 g/mol. The number of fused-ring (bicyclic) bond motifs is 1. The van der Waals surface area contributed by atoms with Crippen molar-refractivity contribution in [2.45, 2.75) is 46.1 Å². The molecule has 0 radical (unpaired) electrons. The van der Waals surface area contributed by atoms with Gasteiger partial charge in [-0.2, -0.15) is 0 Å². The molecule has 0 saturated heterocycles. The molecule has 5 heteroatoms. The fourth-order valence-electron chi connectivity index (χ4n) is 3.30. The predicted octanol–water partition coefficient (Wildman–Crippen LogP) is 4.82. The van der Waals surface area contributed by atoms with Crippen molar-refractivity contribution in [3.05, 3.63) is 54.6 Å². The highest BCUT2D eigenvalue weighted by Gasteiger charge is 2.16. The summed E-state index contributed by atoms with van der Waals surface area (Å²) >= 11 is 0. The summed E-state index contributed by atoms with van der Waals surface area (Å²) in [5.74, 6) is 1.69. The number of rotatable bonds is 9. The number of amides is 1. The van der Waals surface area contributed by atoms with Gasteiger partial charge < -0.3 is 10.2 Å². The van der Waals surface area contributed by atoms with Crippen molar-refractivity contribution in [2.75, 3.05) is 18.0 Å². The molecule has 2 aromatic carbocycles. The molecular formula is C24H30N4O. The van der Waals surface area contributed by atoms with Gasteiger partial charge in [0.2, 0.25) is 5.91 Å². The maximum absolute atomic E-state index is 12.3. The lowest BCUT2D eigenvalue weighted by Crippen LogP contribution is -2.36. The maximum Gasteiger partial charge on any atom is 0.221 e. The van der Waals surface area contributed by atoms with Crippen molar-refractivity contribution < 1.29 is 4.79 Å². The van der Waals surface area contributed by atoms with E-state index >= 15 is 0 Å². The summed E-state index contributed by atoms with van der Waals surface area (Å²) in [5, 5.41) is 4.07. The Morgan fingerprint density at radius 3 is 2.45 bits per heavy atom. The molecule has 0 aliphatic rings. The third kappa shape index (κ3) is 5.31. The third-order valence-corrected chi connectivity index (χ3v) is 5.04. The second kappa shape index (κ2) is 10.0. The summed E-state index contributed by atoms with van der Waals surface area (Å²) in [5.41, 5.74) is 1.91. The maximum atomic E-state index is 12.3. The van der Waals surface area contributed by atoms with Gasteiger partial charge in [0.25, 0.3) is 0 Å². The molecule has 3 aromatic rings.